The molecule has 0 radical (unpaired) electrons. The highest BCUT2D eigenvalue weighted by atomic mass is 16.5. The van der Waals surface area contributed by atoms with Gasteiger partial charge in [0, 0.05) is 25.3 Å². The van der Waals surface area contributed by atoms with Gasteiger partial charge in [0.05, 0.1) is 12.5 Å². The standard InChI is InChI=1S/C15H21N5O/c1-19-7-8-20(2)13(10-19)15-17-14(21-18-15)9-11-3-5-12(16)6-4-11/h3-6,13H,7-10,16H2,1-2H3. The molecular formula is C15H21N5O. The van der Waals surface area contributed by atoms with Crippen LogP contribution in [0.3, 0.4) is 0 Å². The molecule has 1 unspecified atom stereocenters. The summed E-state index contributed by atoms with van der Waals surface area (Å²) in [6, 6.07) is 7.94. The van der Waals surface area contributed by atoms with Crippen molar-refractivity contribution in [3.63, 3.8) is 0 Å². The number of hydrogen-bond donors (Lipinski definition) is 1. The Hall–Kier alpha value is -1.92. The van der Waals surface area contributed by atoms with E-state index in [-0.39, 0.29) is 6.04 Å². The highest BCUT2D eigenvalue weighted by Gasteiger charge is 2.27. The summed E-state index contributed by atoms with van der Waals surface area (Å²) in [5.41, 5.74) is 7.57. The fourth-order valence-corrected chi connectivity index (χ4v) is 2.57. The smallest absolute Gasteiger partial charge is 0.231 e. The first-order valence-corrected chi connectivity index (χ1v) is 7.17. The van der Waals surface area contributed by atoms with Gasteiger partial charge in [0.2, 0.25) is 5.89 Å². The molecule has 1 aliphatic heterocycles. The molecule has 0 spiro atoms. The van der Waals surface area contributed by atoms with Crippen LogP contribution in [0.25, 0.3) is 0 Å². The lowest BCUT2D eigenvalue weighted by molar-refractivity contribution is 0.108. The number of rotatable bonds is 3. The summed E-state index contributed by atoms with van der Waals surface area (Å²) in [6.45, 7) is 3.02. The maximum atomic E-state index is 5.69. The lowest BCUT2D eigenvalue weighted by Crippen LogP contribution is -2.45. The van der Waals surface area contributed by atoms with Crippen molar-refractivity contribution >= 4 is 5.69 Å². The predicted molar refractivity (Wildman–Crippen MR) is 80.8 cm³/mol. The van der Waals surface area contributed by atoms with Gasteiger partial charge in [0.1, 0.15) is 0 Å². The van der Waals surface area contributed by atoms with E-state index in [0.29, 0.717) is 12.3 Å². The third kappa shape index (κ3) is 3.22. The van der Waals surface area contributed by atoms with Crippen molar-refractivity contribution in [3.05, 3.63) is 41.5 Å². The SMILES string of the molecule is CN1CCN(C)C(c2noc(Cc3ccc(N)cc3)n2)C1. The number of nitrogen functional groups attached to an aromatic ring is 1. The molecule has 1 saturated heterocycles. The van der Waals surface area contributed by atoms with Crippen molar-refractivity contribution in [3.8, 4) is 0 Å². The summed E-state index contributed by atoms with van der Waals surface area (Å²) in [5, 5.41) is 4.16. The molecule has 1 aromatic heterocycles. The molecule has 1 aromatic carbocycles. The first-order valence-electron chi connectivity index (χ1n) is 7.17. The minimum absolute atomic E-state index is 0.202. The van der Waals surface area contributed by atoms with Crippen molar-refractivity contribution in [1.29, 1.82) is 0 Å². The van der Waals surface area contributed by atoms with Gasteiger partial charge >= 0.3 is 0 Å². The first-order chi connectivity index (χ1) is 10.1. The molecule has 6 nitrogen and oxygen atoms in total. The van der Waals surface area contributed by atoms with Crippen LogP contribution in [0.4, 0.5) is 5.69 Å². The number of anilines is 1. The number of nitrogens with zero attached hydrogens (tertiary/aromatic N) is 4. The minimum Gasteiger partial charge on any atom is -0.399 e. The van der Waals surface area contributed by atoms with E-state index in [4.69, 9.17) is 10.3 Å². The maximum absolute atomic E-state index is 5.69. The Morgan fingerprint density at radius 2 is 2.00 bits per heavy atom. The molecule has 1 atom stereocenters. The van der Waals surface area contributed by atoms with Crippen LogP contribution in [0.15, 0.2) is 28.8 Å². The van der Waals surface area contributed by atoms with Gasteiger partial charge in [-0.15, -0.1) is 0 Å². The van der Waals surface area contributed by atoms with Gasteiger partial charge in [0.25, 0.3) is 0 Å². The van der Waals surface area contributed by atoms with E-state index >= 15 is 0 Å². The van der Waals surface area contributed by atoms with Gasteiger partial charge in [-0.05, 0) is 31.8 Å². The number of aromatic nitrogens is 2. The average molecular weight is 287 g/mol. The summed E-state index contributed by atoms with van der Waals surface area (Å²) in [4.78, 5) is 9.13. The maximum Gasteiger partial charge on any atom is 0.231 e. The highest BCUT2D eigenvalue weighted by molar-refractivity contribution is 5.39. The van der Waals surface area contributed by atoms with Crippen molar-refractivity contribution in [1.82, 2.24) is 19.9 Å². The molecule has 1 fully saturated rings. The molecule has 0 amide bonds. The second-order valence-electron chi connectivity index (χ2n) is 5.72. The van der Waals surface area contributed by atoms with E-state index in [9.17, 15) is 0 Å². The number of likely N-dealkylation sites (N-methyl/N-ethyl adjacent to an activating group) is 2. The molecule has 3 rings (SSSR count). The van der Waals surface area contributed by atoms with Crippen LogP contribution in [0, 0.1) is 0 Å². The van der Waals surface area contributed by atoms with Crippen LogP contribution < -0.4 is 5.73 Å². The van der Waals surface area contributed by atoms with Gasteiger partial charge in [-0.3, -0.25) is 4.90 Å². The lowest BCUT2D eigenvalue weighted by atomic mass is 10.1. The molecule has 21 heavy (non-hydrogen) atoms. The molecule has 1 aliphatic rings. The largest absolute Gasteiger partial charge is 0.399 e. The van der Waals surface area contributed by atoms with E-state index in [0.717, 1.165) is 36.7 Å². The number of hydrogen-bond acceptors (Lipinski definition) is 6. The Balaban J connectivity index is 1.72. The quantitative estimate of drug-likeness (QED) is 0.854. The summed E-state index contributed by atoms with van der Waals surface area (Å²) in [5.74, 6) is 1.42. The zero-order chi connectivity index (χ0) is 14.8. The summed E-state index contributed by atoms with van der Waals surface area (Å²) in [6.07, 6.45) is 0.638. The van der Waals surface area contributed by atoms with E-state index in [1.165, 1.54) is 0 Å². The third-order valence-electron chi connectivity index (χ3n) is 3.97. The van der Waals surface area contributed by atoms with E-state index in [2.05, 4.69) is 34.0 Å². The van der Waals surface area contributed by atoms with Crippen LogP contribution in [0.2, 0.25) is 0 Å². The topological polar surface area (TPSA) is 71.4 Å². The monoisotopic (exact) mass is 287 g/mol. The molecule has 6 heteroatoms. The zero-order valence-electron chi connectivity index (χ0n) is 12.5. The summed E-state index contributed by atoms with van der Waals surface area (Å²) >= 11 is 0. The third-order valence-corrected chi connectivity index (χ3v) is 3.97. The molecule has 2 N–H and O–H groups in total. The second kappa shape index (κ2) is 5.83. The van der Waals surface area contributed by atoms with E-state index < -0.39 is 0 Å². The van der Waals surface area contributed by atoms with Crippen LogP contribution in [0.5, 0.6) is 0 Å². The number of nitrogens with two attached hydrogens (primary N) is 1. The summed E-state index contributed by atoms with van der Waals surface area (Å²) in [7, 11) is 4.23. The van der Waals surface area contributed by atoms with E-state index in [1.807, 2.05) is 24.3 Å². The number of piperazine rings is 1. The lowest BCUT2D eigenvalue weighted by Gasteiger charge is -2.35. The van der Waals surface area contributed by atoms with Crippen LogP contribution >= 0.6 is 0 Å². The molecule has 112 valence electrons. The zero-order valence-corrected chi connectivity index (χ0v) is 12.5. The fourth-order valence-electron chi connectivity index (χ4n) is 2.57. The van der Waals surface area contributed by atoms with Crippen molar-refractivity contribution in [2.45, 2.75) is 12.5 Å². The Morgan fingerprint density at radius 1 is 1.24 bits per heavy atom. The average Bonchev–Trinajstić information content (AvgIpc) is 2.92. The molecule has 2 aromatic rings. The van der Waals surface area contributed by atoms with Gasteiger partial charge in [0.15, 0.2) is 5.82 Å². The Bertz CT molecular complexity index is 594. The van der Waals surface area contributed by atoms with Crippen LogP contribution in [-0.2, 0) is 6.42 Å². The van der Waals surface area contributed by atoms with E-state index in [1.54, 1.807) is 0 Å². The molecule has 0 saturated carbocycles. The van der Waals surface area contributed by atoms with Gasteiger partial charge in [-0.2, -0.15) is 4.98 Å². The van der Waals surface area contributed by atoms with Crippen molar-refractivity contribution < 1.29 is 4.52 Å². The Morgan fingerprint density at radius 3 is 2.76 bits per heavy atom. The van der Waals surface area contributed by atoms with Crippen LogP contribution in [-0.4, -0.2) is 53.7 Å². The first kappa shape index (κ1) is 14.0. The predicted octanol–water partition coefficient (Wildman–Crippen LogP) is 1.16. The van der Waals surface area contributed by atoms with Crippen molar-refractivity contribution in [2.75, 3.05) is 39.5 Å². The Kier molecular flexibility index (Phi) is 3.90. The summed E-state index contributed by atoms with van der Waals surface area (Å²) < 4.78 is 5.40. The number of benzene rings is 1. The van der Waals surface area contributed by atoms with Gasteiger partial charge in [-0.25, -0.2) is 0 Å². The minimum atomic E-state index is 0.202. The molecular weight excluding hydrogens is 266 g/mol. The molecule has 0 bridgehead atoms. The van der Waals surface area contributed by atoms with Gasteiger partial charge in [-0.1, -0.05) is 17.3 Å². The molecule has 2 heterocycles. The highest BCUT2D eigenvalue weighted by Crippen LogP contribution is 2.21. The van der Waals surface area contributed by atoms with Crippen molar-refractivity contribution in [2.24, 2.45) is 0 Å². The second-order valence-corrected chi connectivity index (χ2v) is 5.72. The Labute approximate surface area is 124 Å². The fraction of sp³-hybridized carbons (Fsp3) is 0.467. The normalized spacial score (nSPS) is 20.8. The molecule has 0 aliphatic carbocycles. The van der Waals surface area contributed by atoms with Gasteiger partial charge < -0.3 is 15.2 Å². The van der Waals surface area contributed by atoms with Crippen LogP contribution in [0.1, 0.15) is 23.3 Å².